The molecule has 0 atom stereocenters. The Hall–Kier alpha value is -1.43. The number of hydrogen-bond donors (Lipinski definition) is 1. The summed E-state index contributed by atoms with van der Waals surface area (Å²) in [6.07, 6.45) is 4.62. The summed E-state index contributed by atoms with van der Waals surface area (Å²) in [6, 6.07) is 0. The summed E-state index contributed by atoms with van der Waals surface area (Å²) in [7, 11) is 1.91. The average molecular weight is 310 g/mol. The molecule has 0 aliphatic heterocycles. The van der Waals surface area contributed by atoms with Crippen LogP contribution >= 0.6 is 15.9 Å². The first kappa shape index (κ1) is 13.0. The van der Waals surface area contributed by atoms with Crippen LogP contribution in [-0.2, 0) is 7.05 Å². The molecule has 0 unspecified atom stereocenters. The molecule has 1 N–H and O–H groups in total. The number of anilines is 1. The fraction of sp³-hybridized carbons (Fsp3) is 0.417. The van der Waals surface area contributed by atoms with Crippen LogP contribution in [0.2, 0.25) is 0 Å². The van der Waals surface area contributed by atoms with Gasteiger partial charge >= 0.3 is 0 Å². The van der Waals surface area contributed by atoms with E-state index in [2.05, 4.69) is 43.2 Å². The summed E-state index contributed by atoms with van der Waals surface area (Å²) in [6.45, 7) is 5.02. The maximum absolute atomic E-state index is 4.53. The number of aryl methyl sites for hydroxylation is 1. The second-order valence-electron chi connectivity index (χ2n) is 4.08. The van der Waals surface area contributed by atoms with Crippen molar-refractivity contribution in [2.75, 3.05) is 11.9 Å². The molecule has 0 saturated carbocycles. The highest BCUT2D eigenvalue weighted by Crippen LogP contribution is 2.24. The Labute approximate surface area is 115 Å². The third-order valence-corrected chi connectivity index (χ3v) is 3.34. The summed E-state index contributed by atoms with van der Waals surface area (Å²) in [5, 5.41) is 7.49. The smallest absolute Gasteiger partial charge is 0.165 e. The quantitative estimate of drug-likeness (QED) is 0.943. The minimum absolute atomic E-state index is 0.697. The Balaban J connectivity index is 2.37. The summed E-state index contributed by atoms with van der Waals surface area (Å²) < 4.78 is 2.70. The lowest BCUT2D eigenvalue weighted by atomic mass is 10.2. The van der Waals surface area contributed by atoms with Gasteiger partial charge < -0.3 is 5.32 Å². The van der Waals surface area contributed by atoms with Crippen LogP contribution in [0.15, 0.2) is 16.9 Å². The predicted molar refractivity (Wildman–Crippen MR) is 75.5 cm³/mol. The zero-order valence-electron chi connectivity index (χ0n) is 10.7. The predicted octanol–water partition coefficient (Wildman–Crippen LogP) is 2.77. The van der Waals surface area contributed by atoms with Crippen LogP contribution in [0, 0.1) is 6.92 Å². The molecule has 0 bridgehead atoms. The lowest BCUT2D eigenvalue weighted by Crippen LogP contribution is -2.04. The molecule has 18 heavy (non-hydrogen) atoms. The molecular formula is C12H16BrN5. The largest absolute Gasteiger partial charge is 0.369 e. The first-order valence-electron chi connectivity index (χ1n) is 5.89. The van der Waals surface area contributed by atoms with E-state index in [9.17, 15) is 0 Å². The maximum atomic E-state index is 4.53. The second-order valence-corrected chi connectivity index (χ2v) is 4.94. The van der Waals surface area contributed by atoms with E-state index >= 15 is 0 Å². The van der Waals surface area contributed by atoms with Crippen LogP contribution in [0.3, 0.4) is 0 Å². The Morgan fingerprint density at radius 1 is 1.39 bits per heavy atom. The standard InChI is InChI=1S/C12H16BrN5/c1-4-5-14-12-10(13)7-15-11(17-12)9-6-16-18(3)8(9)2/h6-7H,4-5H2,1-3H3,(H,14,15,17). The van der Waals surface area contributed by atoms with Gasteiger partial charge in [-0.25, -0.2) is 9.97 Å². The van der Waals surface area contributed by atoms with E-state index in [0.29, 0.717) is 5.82 Å². The van der Waals surface area contributed by atoms with Crippen LogP contribution in [0.25, 0.3) is 11.4 Å². The van der Waals surface area contributed by atoms with Crippen LogP contribution < -0.4 is 5.32 Å². The van der Waals surface area contributed by atoms with Crippen molar-refractivity contribution in [3.05, 3.63) is 22.6 Å². The first-order chi connectivity index (χ1) is 8.63. The highest BCUT2D eigenvalue weighted by Gasteiger charge is 2.11. The molecule has 0 saturated heterocycles. The van der Waals surface area contributed by atoms with Gasteiger partial charge in [0.05, 0.1) is 16.2 Å². The van der Waals surface area contributed by atoms with Crippen LogP contribution in [-0.4, -0.2) is 26.3 Å². The van der Waals surface area contributed by atoms with Gasteiger partial charge in [0.15, 0.2) is 5.82 Å². The van der Waals surface area contributed by atoms with Gasteiger partial charge in [0.1, 0.15) is 5.82 Å². The van der Waals surface area contributed by atoms with Crippen molar-refractivity contribution < 1.29 is 0 Å². The molecule has 0 amide bonds. The third-order valence-electron chi connectivity index (χ3n) is 2.76. The molecule has 2 aromatic heterocycles. The third kappa shape index (κ3) is 2.53. The number of nitrogens with one attached hydrogen (secondary N) is 1. The minimum Gasteiger partial charge on any atom is -0.369 e. The van der Waals surface area contributed by atoms with Crippen molar-refractivity contribution in [3.8, 4) is 11.4 Å². The topological polar surface area (TPSA) is 55.6 Å². The lowest BCUT2D eigenvalue weighted by Gasteiger charge is -2.07. The minimum atomic E-state index is 0.697. The van der Waals surface area contributed by atoms with Gasteiger partial charge in [0, 0.05) is 25.5 Å². The molecule has 2 rings (SSSR count). The maximum Gasteiger partial charge on any atom is 0.165 e. The van der Waals surface area contributed by atoms with E-state index in [4.69, 9.17) is 0 Å². The van der Waals surface area contributed by atoms with Crippen molar-refractivity contribution >= 4 is 21.7 Å². The molecule has 0 aliphatic carbocycles. The normalized spacial score (nSPS) is 10.7. The van der Waals surface area contributed by atoms with Crippen LogP contribution in [0.4, 0.5) is 5.82 Å². The van der Waals surface area contributed by atoms with Crippen LogP contribution in [0.5, 0.6) is 0 Å². The zero-order chi connectivity index (χ0) is 13.1. The monoisotopic (exact) mass is 309 g/mol. The molecule has 2 heterocycles. The van der Waals surface area contributed by atoms with Gasteiger partial charge in [0.2, 0.25) is 0 Å². The molecule has 0 radical (unpaired) electrons. The Morgan fingerprint density at radius 3 is 2.78 bits per heavy atom. The second kappa shape index (κ2) is 5.48. The Morgan fingerprint density at radius 2 is 2.17 bits per heavy atom. The van der Waals surface area contributed by atoms with Crippen molar-refractivity contribution in [3.63, 3.8) is 0 Å². The highest BCUT2D eigenvalue weighted by molar-refractivity contribution is 9.10. The van der Waals surface area contributed by atoms with Gasteiger partial charge in [-0.15, -0.1) is 0 Å². The van der Waals surface area contributed by atoms with E-state index < -0.39 is 0 Å². The van der Waals surface area contributed by atoms with E-state index in [1.807, 2.05) is 18.7 Å². The molecule has 0 spiro atoms. The van der Waals surface area contributed by atoms with Gasteiger partial charge in [-0.05, 0) is 29.3 Å². The van der Waals surface area contributed by atoms with E-state index in [-0.39, 0.29) is 0 Å². The number of aromatic nitrogens is 4. The number of rotatable bonds is 4. The van der Waals surface area contributed by atoms with Gasteiger partial charge in [-0.1, -0.05) is 6.92 Å². The fourth-order valence-corrected chi connectivity index (χ4v) is 1.91. The molecule has 2 aromatic rings. The first-order valence-corrected chi connectivity index (χ1v) is 6.68. The molecule has 0 aromatic carbocycles. The average Bonchev–Trinajstić information content (AvgIpc) is 2.69. The Kier molecular flexibility index (Phi) is 3.96. The molecule has 0 fully saturated rings. The van der Waals surface area contributed by atoms with Crippen molar-refractivity contribution in [1.82, 2.24) is 19.7 Å². The van der Waals surface area contributed by atoms with E-state index in [0.717, 1.165) is 34.5 Å². The SMILES string of the molecule is CCCNc1nc(-c2cnn(C)c2C)ncc1Br. The molecular weight excluding hydrogens is 294 g/mol. The molecule has 5 nitrogen and oxygen atoms in total. The molecule has 6 heteroatoms. The van der Waals surface area contributed by atoms with Crippen molar-refractivity contribution in [1.29, 1.82) is 0 Å². The summed E-state index contributed by atoms with van der Waals surface area (Å²) in [5.41, 5.74) is 2.02. The van der Waals surface area contributed by atoms with Crippen molar-refractivity contribution in [2.45, 2.75) is 20.3 Å². The lowest BCUT2D eigenvalue weighted by molar-refractivity contribution is 0.740. The van der Waals surface area contributed by atoms with Crippen LogP contribution in [0.1, 0.15) is 19.0 Å². The summed E-state index contributed by atoms with van der Waals surface area (Å²) in [5.74, 6) is 1.52. The highest BCUT2D eigenvalue weighted by atomic mass is 79.9. The summed E-state index contributed by atoms with van der Waals surface area (Å²) >= 11 is 3.45. The number of nitrogens with zero attached hydrogens (tertiary/aromatic N) is 4. The number of halogens is 1. The van der Waals surface area contributed by atoms with Gasteiger partial charge in [-0.3, -0.25) is 4.68 Å². The molecule has 96 valence electrons. The van der Waals surface area contributed by atoms with Crippen molar-refractivity contribution in [2.24, 2.45) is 7.05 Å². The van der Waals surface area contributed by atoms with Gasteiger partial charge in [0.25, 0.3) is 0 Å². The summed E-state index contributed by atoms with van der Waals surface area (Å²) in [4.78, 5) is 8.87. The Bertz CT molecular complexity index is 549. The number of hydrogen-bond acceptors (Lipinski definition) is 4. The zero-order valence-corrected chi connectivity index (χ0v) is 12.3. The fourth-order valence-electron chi connectivity index (χ4n) is 1.58. The van der Waals surface area contributed by atoms with E-state index in [1.54, 1.807) is 12.4 Å². The molecule has 0 aliphatic rings. The van der Waals surface area contributed by atoms with E-state index in [1.165, 1.54) is 0 Å². The van der Waals surface area contributed by atoms with Gasteiger partial charge in [-0.2, -0.15) is 5.10 Å².